The van der Waals surface area contributed by atoms with Crippen molar-refractivity contribution in [3.05, 3.63) is 34.6 Å². The molecule has 0 saturated carbocycles. The van der Waals surface area contributed by atoms with Crippen molar-refractivity contribution in [3.63, 3.8) is 0 Å². The lowest BCUT2D eigenvalue weighted by Crippen LogP contribution is -2.30. The van der Waals surface area contributed by atoms with Gasteiger partial charge in [-0.2, -0.15) is 4.98 Å². The zero-order valence-corrected chi connectivity index (χ0v) is 14.4. The molecule has 0 N–H and O–H groups in total. The summed E-state index contributed by atoms with van der Waals surface area (Å²) in [5.74, 6) is 1.18. The van der Waals surface area contributed by atoms with E-state index >= 15 is 0 Å². The fraction of sp³-hybridized carbons (Fsp3) is 0.467. The normalized spacial score (nSPS) is 11.3. The highest BCUT2D eigenvalue weighted by molar-refractivity contribution is 9.10. The van der Waals surface area contributed by atoms with Crippen LogP contribution in [0.4, 0.5) is 0 Å². The molecular formula is C15H20BrN3O3. The summed E-state index contributed by atoms with van der Waals surface area (Å²) in [6.07, 6.45) is 0. The van der Waals surface area contributed by atoms with Crippen molar-refractivity contribution in [1.29, 1.82) is 0 Å². The fourth-order valence-corrected chi connectivity index (χ4v) is 2.37. The Morgan fingerprint density at radius 3 is 2.55 bits per heavy atom. The lowest BCUT2D eigenvalue weighted by Gasteiger charge is -2.19. The van der Waals surface area contributed by atoms with Gasteiger partial charge in [0.2, 0.25) is 11.7 Å². The maximum Gasteiger partial charge on any atom is 0.241 e. The molecule has 1 aromatic carbocycles. The number of nitrogens with zero attached hydrogens (tertiary/aromatic N) is 3. The third kappa shape index (κ3) is 5.17. The van der Waals surface area contributed by atoms with Crippen LogP contribution in [0.2, 0.25) is 0 Å². The first-order valence-electron chi connectivity index (χ1n) is 7.01. The standard InChI is InChI=1S/C15H20BrN3O3/c1-20-8-6-19(7-9-21-2)11-14-17-15(18-22-14)12-4-3-5-13(16)10-12/h3-5,10H,6-9,11H2,1-2H3. The van der Waals surface area contributed by atoms with Gasteiger partial charge >= 0.3 is 0 Å². The van der Waals surface area contributed by atoms with Gasteiger partial charge in [0.1, 0.15) is 0 Å². The number of methoxy groups -OCH3 is 2. The van der Waals surface area contributed by atoms with Crippen LogP contribution in [0.5, 0.6) is 0 Å². The molecule has 7 heteroatoms. The Kier molecular flexibility index (Phi) is 6.98. The molecule has 0 saturated heterocycles. The second-order valence-electron chi connectivity index (χ2n) is 4.78. The second-order valence-corrected chi connectivity index (χ2v) is 5.70. The largest absolute Gasteiger partial charge is 0.383 e. The average Bonchev–Trinajstić information content (AvgIpc) is 2.98. The summed E-state index contributed by atoms with van der Waals surface area (Å²) in [4.78, 5) is 6.61. The molecular weight excluding hydrogens is 350 g/mol. The van der Waals surface area contributed by atoms with Crippen LogP contribution >= 0.6 is 15.9 Å². The molecule has 0 amide bonds. The fourth-order valence-electron chi connectivity index (χ4n) is 1.97. The van der Waals surface area contributed by atoms with E-state index < -0.39 is 0 Å². The van der Waals surface area contributed by atoms with Gasteiger partial charge in [-0.25, -0.2) is 0 Å². The van der Waals surface area contributed by atoms with Crippen LogP contribution in [0.1, 0.15) is 5.89 Å². The maximum absolute atomic E-state index is 5.35. The van der Waals surface area contributed by atoms with Crippen LogP contribution in [-0.4, -0.2) is 55.6 Å². The Morgan fingerprint density at radius 2 is 1.91 bits per heavy atom. The SMILES string of the molecule is COCCN(CCOC)Cc1nc(-c2cccc(Br)c2)no1. The van der Waals surface area contributed by atoms with Gasteiger partial charge in [-0.3, -0.25) is 4.90 Å². The first-order chi connectivity index (χ1) is 10.7. The highest BCUT2D eigenvalue weighted by Crippen LogP contribution is 2.20. The minimum absolute atomic E-state index is 0.577. The minimum Gasteiger partial charge on any atom is -0.383 e. The smallest absolute Gasteiger partial charge is 0.241 e. The van der Waals surface area contributed by atoms with Gasteiger partial charge in [-0.05, 0) is 12.1 Å². The predicted octanol–water partition coefficient (Wildman–Crippen LogP) is 2.59. The van der Waals surface area contributed by atoms with E-state index in [0.29, 0.717) is 31.5 Å². The van der Waals surface area contributed by atoms with E-state index in [1.807, 2.05) is 24.3 Å². The van der Waals surface area contributed by atoms with Gasteiger partial charge in [-0.15, -0.1) is 0 Å². The van der Waals surface area contributed by atoms with E-state index in [2.05, 4.69) is 31.0 Å². The second kappa shape index (κ2) is 8.99. The number of rotatable bonds is 9. The summed E-state index contributed by atoms with van der Waals surface area (Å²) in [7, 11) is 3.37. The molecule has 0 aliphatic heterocycles. The van der Waals surface area contributed by atoms with E-state index in [-0.39, 0.29) is 0 Å². The lowest BCUT2D eigenvalue weighted by atomic mass is 10.2. The van der Waals surface area contributed by atoms with E-state index in [1.54, 1.807) is 14.2 Å². The molecule has 0 unspecified atom stereocenters. The summed E-state index contributed by atoms with van der Waals surface area (Å²) in [6.45, 7) is 3.45. The third-order valence-electron chi connectivity index (χ3n) is 3.13. The summed E-state index contributed by atoms with van der Waals surface area (Å²) in [6, 6.07) is 7.82. The molecule has 0 radical (unpaired) electrons. The molecule has 2 aromatic rings. The molecule has 0 aliphatic rings. The third-order valence-corrected chi connectivity index (χ3v) is 3.63. The Morgan fingerprint density at radius 1 is 1.18 bits per heavy atom. The van der Waals surface area contributed by atoms with E-state index in [1.165, 1.54) is 0 Å². The molecule has 2 rings (SSSR count). The van der Waals surface area contributed by atoms with Crippen LogP contribution in [0, 0.1) is 0 Å². The van der Waals surface area contributed by atoms with Gasteiger partial charge in [0, 0.05) is 37.3 Å². The molecule has 6 nitrogen and oxygen atoms in total. The minimum atomic E-state index is 0.577. The predicted molar refractivity (Wildman–Crippen MR) is 86.5 cm³/mol. The maximum atomic E-state index is 5.35. The summed E-state index contributed by atoms with van der Waals surface area (Å²) in [5, 5.41) is 4.05. The van der Waals surface area contributed by atoms with Crippen LogP contribution in [0.15, 0.2) is 33.3 Å². The van der Waals surface area contributed by atoms with Crippen LogP contribution < -0.4 is 0 Å². The van der Waals surface area contributed by atoms with Crippen molar-refractivity contribution in [2.75, 3.05) is 40.5 Å². The van der Waals surface area contributed by atoms with Crippen molar-refractivity contribution in [1.82, 2.24) is 15.0 Å². The summed E-state index contributed by atoms with van der Waals surface area (Å²) >= 11 is 3.44. The van der Waals surface area contributed by atoms with Gasteiger partial charge in [-0.1, -0.05) is 33.2 Å². The first-order valence-corrected chi connectivity index (χ1v) is 7.81. The highest BCUT2D eigenvalue weighted by Gasteiger charge is 2.13. The number of benzene rings is 1. The topological polar surface area (TPSA) is 60.6 Å². The van der Waals surface area contributed by atoms with Gasteiger partial charge in [0.15, 0.2) is 0 Å². The van der Waals surface area contributed by atoms with Crippen LogP contribution in [0.3, 0.4) is 0 Å². The van der Waals surface area contributed by atoms with E-state index in [0.717, 1.165) is 23.1 Å². The van der Waals surface area contributed by atoms with Crippen LogP contribution in [-0.2, 0) is 16.0 Å². The lowest BCUT2D eigenvalue weighted by molar-refractivity contribution is 0.103. The van der Waals surface area contributed by atoms with Crippen molar-refractivity contribution >= 4 is 15.9 Å². The summed E-state index contributed by atoms with van der Waals surface area (Å²) in [5.41, 5.74) is 0.921. The molecule has 0 fully saturated rings. The molecule has 0 atom stereocenters. The van der Waals surface area contributed by atoms with Gasteiger partial charge < -0.3 is 14.0 Å². The Labute approximate surface area is 138 Å². The molecule has 0 aliphatic carbocycles. The number of aromatic nitrogens is 2. The first kappa shape index (κ1) is 17.1. The van der Waals surface area contributed by atoms with Gasteiger partial charge in [0.25, 0.3) is 0 Å². The van der Waals surface area contributed by atoms with E-state index in [4.69, 9.17) is 14.0 Å². The van der Waals surface area contributed by atoms with Gasteiger partial charge in [0.05, 0.1) is 19.8 Å². The molecule has 0 bridgehead atoms. The molecule has 0 spiro atoms. The number of ether oxygens (including phenoxy) is 2. The summed E-state index contributed by atoms with van der Waals surface area (Å²) < 4.78 is 16.6. The average molecular weight is 370 g/mol. The highest BCUT2D eigenvalue weighted by atomic mass is 79.9. The zero-order chi connectivity index (χ0) is 15.8. The number of hydrogen-bond donors (Lipinski definition) is 0. The van der Waals surface area contributed by atoms with Crippen molar-refractivity contribution in [2.45, 2.75) is 6.54 Å². The molecule has 120 valence electrons. The Bertz CT molecular complexity index is 569. The van der Waals surface area contributed by atoms with Crippen molar-refractivity contribution < 1.29 is 14.0 Å². The molecule has 1 aromatic heterocycles. The number of hydrogen-bond acceptors (Lipinski definition) is 6. The van der Waals surface area contributed by atoms with Crippen molar-refractivity contribution in [3.8, 4) is 11.4 Å². The van der Waals surface area contributed by atoms with Crippen LogP contribution in [0.25, 0.3) is 11.4 Å². The zero-order valence-electron chi connectivity index (χ0n) is 12.8. The quantitative estimate of drug-likeness (QED) is 0.676. The molecule has 22 heavy (non-hydrogen) atoms. The molecule has 1 heterocycles. The van der Waals surface area contributed by atoms with Crippen molar-refractivity contribution in [2.24, 2.45) is 0 Å². The monoisotopic (exact) mass is 369 g/mol. The van der Waals surface area contributed by atoms with E-state index in [9.17, 15) is 0 Å². The Balaban J connectivity index is 2.02. The number of halogens is 1. The Hall–Kier alpha value is -1.28.